The minimum atomic E-state index is -1.15. The first-order valence-electron chi connectivity index (χ1n) is 8.69. The lowest BCUT2D eigenvalue weighted by Crippen LogP contribution is -2.59. The SMILES string of the molecule is CC1(C)C(=O)Nc2ccccc2N1C(=O)COC(=O)c1[nH]nc2ncc(Br)cc12. The van der Waals surface area contributed by atoms with Gasteiger partial charge in [-0.15, -0.1) is 0 Å². The maximum atomic E-state index is 12.9. The maximum absolute atomic E-state index is 12.9. The summed E-state index contributed by atoms with van der Waals surface area (Å²) in [5.74, 6) is -1.59. The predicted molar refractivity (Wildman–Crippen MR) is 109 cm³/mol. The summed E-state index contributed by atoms with van der Waals surface area (Å²) in [7, 11) is 0. The van der Waals surface area contributed by atoms with Crippen molar-refractivity contribution in [3.63, 3.8) is 0 Å². The summed E-state index contributed by atoms with van der Waals surface area (Å²) in [6.07, 6.45) is 1.56. The number of para-hydroxylation sites is 2. The van der Waals surface area contributed by atoms with E-state index < -0.39 is 24.0 Å². The molecule has 4 rings (SSSR count). The second-order valence-corrected chi connectivity index (χ2v) is 7.87. The average molecular weight is 458 g/mol. The molecule has 3 aromatic rings. The number of aromatic nitrogens is 3. The van der Waals surface area contributed by atoms with Crippen molar-refractivity contribution in [2.24, 2.45) is 0 Å². The molecule has 3 heterocycles. The maximum Gasteiger partial charge on any atom is 0.357 e. The van der Waals surface area contributed by atoms with Crippen molar-refractivity contribution in [2.75, 3.05) is 16.8 Å². The normalized spacial score (nSPS) is 15.0. The van der Waals surface area contributed by atoms with E-state index in [1.165, 1.54) is 4.90 Å². The van der Waals surface area contributed by atoms with Crippen LogP contribution >= 0.6 is 15.9 Å². The number of amides is 2. The van der Waals surface area contributed by atoms with Gasteiger partial charge in [0, 0.05) is 10.7 Å². The quantitative estimate of drug-likeness (QED) is 0.583. The summed E-state index contributed by atoms with van der Waals surface area (Å²) in [5, 5.41) is 9.80. The van der Waals surface area contributed by atoms with Gasteiger partial charge in [0.1, 0.15) is 5.54 Å². The molecule has 0 unspecified atom stereocenters. The van der Waals surface area contributed by atoms with E-state index in [4.69, 9.17) is 4.74 Å². The third kappa shape index (κ3) is 3.25. The standard InChI is InChI=1S/C19H16BrN5O4/c1-19(2)18(28)22-12-5-3-4-6-13(12)25(19)14(26)9-29-17(27)15-11-7-10(20)8-21-16(11)24-23-15/h3-8H,9H2,1-2H3,(H,22,28)(H,21,23,24). The topological polar surface area (TPSA) is 117 Å². The fourth-order valence-corrected chi connectivity index (χ4v) is 3.52. The van der Waals surface area contributed by atoms with Gasteiger partial charge in [0.05, 0.1) is 16.8 Å². The van der Waals surface area contributed by atoms with Gasteiger partial charge in [-0.25, -0.2) is 9.78 Å². The fourth-order valence-electron chi connectivity index (χ4n) is 3.19. The number of H-pyrrole nitrogens is 1. The molecule has 0 atom stereocenters. The van der Waals surface area contributed by atoms with E-state index >= 15 is 0 Å². The minimum Gasteiger partial charge on any atom is -0.451 e. The van der Waals surface area contributed by atoms with Crippen LogP contribution < -0.4 is 10.2 Å². The number of nitrogens with zero attached hydrogens (tertiary/aromatic N) is 3. The van der Waals surface area contributed by atoms with Gasteiger partial charge >= 0.3 is 5.97 Å². The van der Waals surface area contributed by atoms with Crippen LogP contribution in [0.5, 0.6) is 0 Å². The van der Waals surface area contributed by atoms with Crippen LogP contribution in [0.3, 0.4) is 0 Å². The monoisotopic (exact) mass is 457 g/mol. The van der Waals surface area contributed by atoms with E-state index in [9.17, 15) is 14.4 Å². The van der Waals surface area contributed by atoms with Crippen molar-refractivity contribution in [1.29, 1.82) is 0 Å². The molecule has 29 heavy (non-hydrogen) atoms. The molecule has 0 fully saturated rings. The Morgan fingerprint density at radius 1 is 1.28 bits per heavy atom. The van der Waals surface area contributed by atoms with E-state index in [2.05, 4.69) is 36.4 Å². The highest BCUT2D eigenvalue weighted by atomic mass is 79.9. The third-order valence-electron chi connectivity index (χ3n) is 4.66. The number of carbonyl (C=O) groups excluding carboxylic acids is 3. The summed E-state index contributed by atoms with van der Waals surface area (Å²) in [5.41, 5.74) is 0.366. The molecular formula is C19H16BrN5O4. The van der Waals surface area contributed by atoms with E-state index in [0.29, 0.717) is 26.9 Å². The molecule has 0 saturated heterocycles. The summed E-state index contributed by atoms with van der Waals surface area (Å²) < 4.78 is 5.89. The Hall–Kier alpha value is -3.27. The van der Waals surface area contributed by atoms with Crippen LogP contribution in [0.15, 0.2) is 41.0 Å². The number of ether oxygens (including phenoxy) is 1. The molecule has 2 N–H and O–H groups in total. The summed E-state index contributed by atoms with van der Waals surface area (Å²) in [6.45, 7) is 2.72. The van der Waals surface area contributed by atoms with Crippen LogP contribution in [-0.4, -0.2) is 45.1 Å². The highest BCUT2D eigenvalue weighted by Crippen LogP contribution is 2.36. The molecule has 0 saturated carbocycles. The number of pyridine rings is 1. The van der Waals surface area contributed by atoms with Gasteiger partial charge in [0.2, 0.25) is 5.91 Å². The fraction of sp³-hybridized carbons (Fsp3) is 0.211. The van der Waals surface area contributed by atoms with Crippen LogP contribution in [0.2, 0.25) is 0 Å². The van der Waals surface area contributed by atoms with Gasteiger partial charge in [0.15, 0.2) is 17.9 Å². The lowest BCUT2D eigenvalue weighted by atomic mass is 9.96. The number of halogens is 1. The number of benzene rings is 1. The Bertz CT molecular complexity index is 1160. The Morgan fingerprint density at radius 2 is 2.03 bits per heavy atom. The summed E-state index contributed by atoms with van der Waals surface area (Å²) >= 11 is 3.29. The minimum absolute atomic E-state index is 0.0950. The van der Waals surface area contributed by atoms with Crippen molar-refractivity contribution in [2.45, 2.75) is 19.4 Å². The van der Waals surface area contributed by atoms with Crippen LogP contribution in [0.25, 0.3) is 11.0 Å². The van der Waals surface area contributed by atoms with E-state index in [1.807, 2.05) is 0 Å². The molecule has 1 aromatic carbocycles. The Balaban J connectivity index is 1.57. The molecule has 2 aromatic heterocycles. The molecule has 0 bridgehead atoms. The molecule has 10 heteroatoms. The summed E-state index contributed by atoms with van der Waals surface area (Å²) in [4.78, 5) is 43.3. The second-order valence-electron chi connectivity index (χ2n) is 6.96. The van der Waals surface area contributed by atoms with E-state index in [-0.39, 0.29) is 11.6 Å². The summed E-state index contributed by atoms with van der Waals surface area (Å²) in [6, 6.07) is 8.63. The zero-order valence-electron chi connectivity index (χ0n) is 15.5. The highest BCUT2D eigenvalue weighted by Gasteiger charge is 2.43. The van der Waals surface area contributed by atoms with Crippen molar-refractivity contribution >= 4 is 56.1 Å². The number of nitrogens with one attached hydrogen (secondary N) is 2. The molecule has 148 valence electrons. The number of carbonyl (C=O) groups is 3. The molecule has 9 nitrogen and oxygen atoms in total. The predicted octanol–water partition coefficient (Wildman–Crippen LogP) is 2.64. The lowest BCUT2D eigenvalue weighted by Gasteiger charge is -2.41. The number of rotatable bonds is 3. The second kappa shape index (κ2) is 6.96. The van der Waals surface area contributed by atoms with Crippen molar-refractivity contribution in [1.82, 2.24) is 15.2 Å². The third-order valence-corrected chi connectivity index (χ3v) is 5.10. The lowest BCUT2D eigenvalue weighted by molar-refractivity contribution is -0.128. The van der Waals surface area contributed by atoms with E-state index in [0.717, 1.165) is 0 Å². The zero-order valence-corrected chi connectivity index (χ0v) is 17.1. The Labute approximate surface area is 173 Å². The van der Waals surface area contributed by atoms with Gasteiger partial charge in [-0.3, -0.25) is 19.6 Å². The first-order chi connectivity index (χ1) is 13.8. The van der Waals surface area contributed by atoms with Gasteiger partial charge < -0.3 is 10.1 Å². The number of hydrogen-bond donors (Lipinski definition) is 2. The molecule has 1 aliphatic heterocycles. The highest BCUT2D eigenvalue weighted by molar-refractivity contribution is 9.10. The molecule has 0 radical (unpaired) electrons. The molecule has 0 spiro atoms. The molecule has 2 amide bonds. The first-order valence-corrected chi connectivity index (χ1v) is 9.48. The van der Waals surface area contributed by atoms with Crippen LogP contribution in [0.1, 0.15) is 24.3 Å². The van der Waals surface area contributed by atoms with Crippen LogP contribution in [0, 0.1) is 0 Å². The largest absolute Gasteiger partial charge is 0.451 e. The van der Waals surface area contributed by atoms with Crippen molar-refractivity contribution < 1.29 is 19.1 Å². The molecular weight excluding hydrogens is 442 g/mol. The van der Waals surface area contributed by atoms with Crippen molar-refractivity contribution in [3.8, 4) is 0 Å². The van der Waals surface area contributed by atoms with Gasteiger partial charge in [-0.05, 0) is 48.0 Å². The number of fused-ring (bicyclic) bond motifs is 2. The number of esters is 1. The van der Waals surface area contributed by atoms with Gasteiger partial charge in [-0.1, -0.05) is 12.1 Å². The van der Waals surface area contributed by atoms with Crippen LogP contribution in [0.4, 0.5) is 11.4 Å². The number of anilines is 2. The zero-order chi connectivity index (χ0) is 20.8. The number of aromatic amines is 1. The number of hydrogen-bond acceptors (Lipinski definition) is 6. The van der Waals surface area contributed by atoms with E-state index in [1.54, 1.807) is 50.4 Å². The first kappa shape index (κ1) is 19.1. The molecule has 0 aliphatic carbocycles. The van der Waals surface area contributed by atoms with Crippen molar-refractivity contribution in [3.05, 3.63) is 46.7 Å². The van der Waals surface area contributed by atoms with Gasteiger partial charge in [0.25, 0.3) is 5.91 Å². The Kier molecular flexibility index (Phi) is 4.58. The van der Waals surface area contributed by atoms with Crippen LogP contribution in [-0.2, 0) is 14.3 Å². The average Bonchev–Trinajstić information content (AvgIpc) is 3.09. The Morgan fingerprint density at radius 3 is 2.83 bits per heavy atom. The molecule has 1 aliphatic rings. The smallest absolute Gasteiger partial charge is 0.357 e. The van der Waals surface area contributed by atoms with Gasteiger partial charge in [-0.2, -0.15) is 5.10 Å².